The maximum atomic E-state index is 5.97. The molecule has 5 heteroatoms. The van der Waals surface area contributed by atoms with Crippen molar-refractivity contribution >= 4 is 24.8 Å². The molecule has 1 heterocycles. The van der Waals surface area contributed by atoms with Crippen molar-refractivity contribution in [3.63, 3.8) is 0 Å². The fourth-order valence-corrected chi connectivity index (χ4v) is 2.36. The third-order valence-corrected chi connectivity index (χ3v) is 3.21. The Morgan fingerprint density at radius 1 is 1.07 bits per heavy atom. The summed E-state index contributed by atoms with van der Waals surface area (Å²) in [7, 11) is 0. The van der Waals surface area contributed by atoms with Crippen LogP contribution < -0.4 is 11.1 Å². The Morgan fingerprint density at radius 2 is 1.73 bits per heavy atom. The first kappa shape index (κ1) is 15.5. The molecule has 0 spiro atoms. The summed E-state index contributed by atoms with van der Waals surface area (Å²) in [5, 5.41) is 3.66. The van der Waals surface area contributed by atoms with Crippen LogP contribution in [0.15, 0.2) is 0 Å². The summed E-state index contributed by atoms with van der Waals surface area (Å²) in [5.74, 6) is 0. The summed E-state index contributed by atoms with van der Waals surface area (Å²) < 4.78 is 5.31. The van der Waals surface area contributed by atoms with E-state index in [0.717, 1.165) is 25.7 Å². The highest BCUT2D eigenvalue weighted by Crippen LogP contribution is 2.19. The molecular formula is C10H22Cl2N2O. The number of nitrogens with two attached hydrogens (primary N) is 1. The maximum Gasteiger partial charge on any atom is 0.0632 e. The second kappa shape index (κ2) is 7.69. The van der Waals surface area contributed by atoms with Crippen LogP contribution in [0.1, 0.15) is 32.1 Å². The van der Waals surface area contributed by atoms with Gasteiger partial charge >= 0.3 is 0 Å². The number of hydrogen-bond donors (Lipinski definition) is 2. The van der Waals surface area contributed by atoms with Crippen molar-refractivity contribution in [1.82, 2.24) is 5.32 Å². The quantitative estimate of drug-likeness (QED) is 0.787. The van der Waals surface area contributed by atoms with Gasteiger partial charge in [0.2, 0.25) is 0 Å². The lowest BCUT2D eigenvalue weighted by Crippen LogP contribution is -2.53. The Morgan fingerprint density at radius 3 is 2.33 bits per heavy atom. The van der Waals surface area contributed by atoms with Crippen molar-refractivity contribution in [2.45, 2.75) is 50.2 Å². The van der Waals surface area contributed by atoms with Gasteiger partial charge < -0.3 is 15.8 Å². The minimum atomic E-state index is 0. The smallest absolute Gasteiger partial charge is 0.0632 e. The minimum Gasteiger partial charge on any atom is -0.380 e. The van der Waals surface area contributed by atoms with E-state index in [0.29, 0.717) is 6.04 Å². The van der Waals surface area contributed by atoms with Gasteiger partial charge in [-0.3, -0.25) is 0 Å². The second-order valence-corrected chi connectivity index (χ2v) is 4.28. The van der Waals surface area contributed by atoms with Crippen LogP contribution in [0.3, 0.4) is 0 Å². The summed E-state index contributed by atoms with van der Waals surface area (Å²) in [5.41, 5.74) is 5.97. The molecule has 2 fully saturated rings. The largest absolute Gasteiger partial charge is 0.380 e. The Hall–Kier alpha value is 0.460. The number of halogens is 2. The van der Waals surface area contributed by atoms with Gasteiger partial charge in [-0.2, -0.15) is 0 Å². The fourth-order valence-electron chi connectivity index (χ4n) is 2.36. The molecule has 0 aromatic carbocycles. The molecule has 1 saturated carbocycles. The lowest BCUT2D eigenvalue weighted by molar-refractivity contribution is 0.0589. The monoisotopic (exact) mass is 256 g/mol. The molecule has 92 valence electrons. The molecule has 15 heavy (non-hydrogen) atoms. The van der Waals surface area contributed by atoms with Gasteiger partial charge in [0.15, 0.2) is 0 Å². The van der Waals surface area contributed by atoms with Crippen molar-refractivity contribution < 1.29 is 4.74 Å². The molecule has 2 aliphatic rings. The number of nitrogens with one attached hydrogen (secondary N) is 1. The highest BCUT2D eigenvalue weighted by atomic mass is 35.5. The highest BCUT2D eigenvalue weighted by Gasteiger charge is 2.25. The Bertz CT molecular complexity index is 166. The van der Waals surface area contributed by atoms with Crippen molar-refractivity contribution in [1.29, 1.82) is 0 Å². The third-order valence-electron chi connectivity index (χ3n) is 3.21. The van der Waals surface area contributed by atoms with Crippen LogP contribution in [0, 0.1) is 0 Å². The van der Waals surface area contributed by atoms with Crippen molar-refractivity contribution in [3.05, 3.63) is 0 Å². The van der Waals surface area contributed by atoms with Gasteiger partial charge in [0.25, 0.3) is 0 Å². The molecule has 0 radical (unpaired) electrons. The molecule has 1 saturated heterocycles. The third kappa shape index (κ3) is 4.45. The van der Waals surface area contributed by atoms with E-state index < -0.39 is 0 Å². The molecule has 0 aromatic heterocycles. The highest BCUT2D eigenvalue weighted by molar-refractivity contribution is 5.85. The van der Waals surface area contributed by atoms with E-state index in [4.69, 9.17) is 10.5 Å². The molecule has 1 aliphatic heterocycles. The molecule has 3 N–H and O–H groups in total. The van der Waals surface area contributed by atoms with E-state index in [1.54, 1.807) is 0 Å². The SMILES string of the molecule is Cl.Cl.NC1COCCC1NC1CCCC1. The van der Waals surface area contributed by atoms with Crippen LogP contribution in [0.25, 0.3) is 0 Å². The van der Waals surface area contributed by atoms with Gasteiger partial charge in [-0.1, -0.05) is 12.8 Å². The molecule has 0 bridgehead atoms. The average Bonchev–Trinajstić information content (AvgIpc) is 2.61. The molecule has 3 nitrogen and oxygen atoms in total. The van der Waals surface area contributed by atoms with Crippen molar-refractivity contribution in [2.24, 2.45) is 5.73 Å². The summed E-state index contributed by atoms with van der Waals surface area (Å²) in [6, 6.07) is 1.43. The predicted molar refractivity (Wildman–Crippen MR) is 67.1 cm³/mol. The summed E-state index contributed by atoms with van der Waals surface area (Å²) in [4.78, 5) is 0. The molecule has 2 atom stereocenters. The van der Waals surface area contributed by atoms with Crippen molar-refractivity contribution in [2.75, 3.05) is 13.2 Å². The first-order valence-corrected chi connectivity index (χ1v) is 5.45. The van der Waals surface area contributed by atoms with Gasteiger partial charge in [0.05, 0.1) is 6.61 Å². The molecule has 2 rings (SSSR count). The Kier molecular flexibility index (Phi) is 7.92. The lowest BCUT2D eigenvalue weighted by atomic mass is 10.0. The van der Waals surface area contributed by atoms with E-state index >= 15 is 0 Å². The molecule has 2 unspecified atom stereocenters. The summed E-state index contributed by atoms with van der Waals surface area (Å²) in [6.45, 7) is 1.60. The van der Waals surface area contributed by atoms with Crippen LogP contribution in [-0.4, -0.2) is 31.3 Å². The number of ether oxygens (including phenoxy) is 1. The molecule has 0 aromatic rings. The normalized spacial score (nSPS) is 31.8. The summed E-state index contributed by atoms with van der Waals surface area (Å²) in [6.07, 6.45) is 6.53. The number of rotatable bonds is 2. The maximum absolute atomic E-state index is 5.97. The van der Waals surface area contributed by atoms with Gasteiger partial charge in [0, 0.05) is 24.7 Å². The molecule has 0 amide bonds. The van der Waals surface area contributed by atoms with Gasteiger partial charge in [-0.05, 0) is 19.3 Å². The zero-order chi connectivity index (χ0) is 9.10. The lowest BCUT2D eigenvalue weighted by Gasteiger charge is -2.31. The Balaban J connectivity index is 0.000000980. The Labute approximate surface area is 104 Å². The van der Waals surface area contributed by atoms with Gasteiger partial charge in [-0.15, -0.1) is 24.8 Å². The topological polar surface area (TPSA) is 47.3 Å². The van der Waals surface area contributed by atoms with Crippen LogP contribution in [0.2, 0.25) is 0 Å². The first-order valence-electron chi connectivity index (χ1n) is 5.45. The van der Waals surface area contributed by atoms with Gasteiger partial charge in [0.1, 0.15) is 0 Å². The number of hydrogen-bond acceptors (Lipinski definition) is 3. The average molecular weight is 257 g/mol. The molecule has 1 aliphatic carbocycles. The zero-order valence-electron chi connectivity index (χ0n) is 8.98. The second-order valence-electron chi connectivity index (χ2n) is 4.28. The van der Waals surface area contributed by atoms with Crippen molar-refractivity contribution in [3.8, 4) is 0 Å². The van der Waals surface area contributed by atoms with Crippen LogP contribution in [0.4, 0.5) is 0 Å². The van der Waals surface area contributed by atoms with Crippen LogP contribution in [0.5, 0.6) is 0 Å². The van der Waals surface area contributed by atoms with Crippen LogP contribution >= 0.6 is 24.8 Å². The zero-order valence-corrected chi connectivity index (χ0v) is 10.6. The van der Waals surface area contributed by atoms with E-state index in [-0.39, 0.29) is 30.9 Å². The van der Waals surface area contributed by atoms with Gasteiger partial charge in [-0.25, -0.2) is 0 Å². The van der Waals surface area contributed by atoms with E-state index in [2.05, 4.69) is 5.32 Å². The first-order chi connectivity index (χ1) is 6.36. The van der Waals surface area contributed by atoms with E-state index in [1.807, 2.05) is 0 Å². The standard InChI is InChI=1S/C10H20N2O.2ClH/c11-9-7-13-6-5-10(9)12-8-3-1-2-4-8;;/h8-10,12H,1-7,11H2;2*1H. The van der Waals surface area contributed by atoms with E-state index in [1.165, 1.54) is 25.7 Å². The van der Waals surface area contributed by atoms with E-state index in [9.17, 15) is 0 Å². The fraction of sp³-hybridized carbons (Fsp3) is 1.00. The van der Waals surface area contributed by atoms with Crippen LogP contribution in [-0.2, 0) is 4.74 Å². The predicted octanol–water partition coefficient (Wildman–Crippen LogP) is 1.48. The summed E-state index contributed by atoms with van der Waals surface area (Å²) >= 11 is 0. The molecular weight excluding hydrogens is 235 g/mol. The minimum absolute atomic E-state index is 0.